The minimum Gasteiger partial charge on any atom is -0.385 e. The van der Waals surface area contributed by atoms with Crippen LogP contribution < -0.4 is 10.6 Å². The summed E-state index contributed by atoms with van der Waals surface area (Å²) >= 11 is 0.401. The molecule has 152 valence electrons. The molecular formula is C21H20F3N3OS. The van der Waals surface area contributed by atoms with Gasteiger partial charge in [-0.15, -0.1) is 0 Å². The number of nitrogens with one attached hydrogen (secondary N) is 2. The van der Waals surface area contributed by atoms with E-state index in [2.05, 4.69) is 22.5 Å². The Labute approximate surface area is 170 Å². The summed E-state index contributed by atoms with van der Waals surface area (Å²) in [7, 11) is 0. The SMILES string of the molecule is CCCCNc1ccc(C(=O)Nc2ncc(C(F)(F)F)s2)c(-c2ccccc2)c1. The summed E-state index contributed by atoms with van der Waals surface area (Å²) in [5, 5.41) is 5.71. The van der Waals surface area contributed by atoms with Gasteiger partial charge in [-0.1, -0.05) is 55.0 Å². The van der Waals surface area contributed by atoms with Crippen molar-refractivity contribution in [2.75, 3.05) is 17.2 Å². The zero-order valence-electron chi connectivity index (χ0n) is 15.7. The molecule has 0 saturated heterocycles. The van der Waals surface area contributed by atoms with Gasteiger partial charge in [0.05, 0.1) is 6.20 Å². The highest BCUT2D eigenvalue weighted by atomic mass is 32.1. The molecule has 0 fully saturated rings. The largest absolute Gasteiger partial charge is 0.427 e. The quantitative estimate of drug-likeness (QED) is 0.442. The van der Waals surface area contributed by atoms with Gasteiger partial charge in [-0.2, -0.15) is 13.2 Å². The second kappa shape index (κ2) is 9.09. The Morgan fingerprint density at radius 1 is 1.14 bits per heavy atom. The lowest BCUT2D eigenvalue weighted by atomic mass is 9.98. The van der Waals surface area contributed by atoms with E-state index in [-0.39, 0.29) is 5.13 Å². The van der Waals surface area contributed by atoms with Crippen LogP contribution in [-0.2, 0) is 6.18 Å². The average Bonchev–Trinajstić information content (AvgIpc) is 3.18. The van der Waals surface area contributed by atoms with Gasteiger partial charge >= 0.3 is 6.18 Å². The molecule has 3 rings (SSSR count). The molecular weight excluding hydrogens is 399 g/mol. The van der Waals surface area contributed by atoms with Crippen LogP contribution in [0.2, 0.25) is 0 Å². The highest BCUT2D eigenvalue weighted by Gasteiger charge is 2.33. The molecule has 0 atom stereocenters. The third-order valence-corrected chi connectivity index (χ3v) is 5.17. The lowest BCUT2D eigenvalue weighted by molar-refractivity contribution is -0.134. The maximum atomic E-state index is 12.8. The number of thiazole rings is 1. The van der Waals surface area contributed by atoms with E-state index >= 15 is 0 Å². The molecule has 1 aromatic heterocycles. The summed E-state index contributed by atoms with van der Waals surface area (Å²) in [6, 6.07) is 14.7. The molecule has 4 nitrogen and oxygen atoms in total. The Bertz CT molecular complexity index is 971. The van der Waals surface area contributed by atoms with Gasteiger partial charge in [-0.05, 0) is 35.7 Å². The van der Waals surface area contributed by atoms with E-state index in [0.29, 0.717) is 22.5 Å². The second-order valence-electron chi connectivity index (χ2n) is 6.39. The van der Waals surface area contributed by atoms with Crippen LogP contribution in [0.5, 0.6) is 0 Å². The molecule has 0 saturated carbocycles. The first-order chi connectivity index (χ1) is 13.9. The van der Waals surface area contributed by atoms with Crippen LogP contribution >= 0.6 is 11.3 Å². The van der Waals surface area contributed by atoms with Crippen molar-refractivity contribution in [3.05, 3.63) is 65.2 Å². The molecule has 0 aliphatic heterocycles. The molecule has 2 N–H and O–H groups in total. The molecule has 0 bridgehead atoms. The molecule has 0 spiro atoms. The third-order valence-electron chi connectivity index (χ3n) is 4.21. The van der Waals surface area contributed by atoms with E-state index in [1.54, 1.807) is 12.1 Å². The summed E-state index contributed by atoms with van der Waals surface area (Å²) < 4.78 is 38.3. The maximum Gasteiger partial charge on any atom is 0.427 e. The first-order valence-electron chi connectivity index (χ1n) is 9.16. The Morgan fingerprint density at radius 3 is 2.55 bits per heavy atom. The topological polar surface area (TPSA) is 54.0 Å². The average molecular weight is 419 g/mol. The van der Waals surface area contributed by atoms with Gasteiger partial charge in [0.2, 0.25) is 0 Å². The van der Waals surface area contributed by atoms with Gasteiger partial charge in [-0.25, -0.2) is 4.98 Å². The predicted molar refractivity (Wildman–Crippen MR) is 110 cm³/mol. The maximum absolute atomic E-state index is 12.8. The minimum atomic E-state index is -4.48. The Morgan fingerprint density at radius 2 is 1.90 bits per heavy atom. The number of halogens is 3. The summed E-state index contributed by atoms with van der Waals surface area (Å²) in [5.41, 5.74) is 2.77. The van der Waals surface area contributed by atoms with Gasteiger partial charge in [0.1, 0.15) is 4.88 Å². The van der Waals surface area contributed by atoms with E-state index in [1.807, 2.05) is 36.4 Å². The molecule has 1 amide bonds. The number of aromatic nitrogens is 1. The number of carbonyl (C=O) groups is 1. The monoisotopic (exact) mass is 419 g/mol. The lowest BCUT2D eigenvalue weighted by Gasteiger charge is -2.13. The molecule has 3 aromatic rings. The third kappa shape index (κ3) is 5.35. The fraction of sp³-hybridized carbons (Fsp3) is 0.238. The Kier molecular flexibility index (Phi) is 6.53. The standard InChI is InChI=1S/C21H20F3N3OS/c1-2-3-11-25-15-9-10-16(17(12-15)14-7-5-4-6-8-14)19(28)27-20-26-13-18(29-20)21(22,23)24/h4-10,12-13,25H,2-3,11H2,1H3,(H,26,27,28). The van der Waals surface area contributed by atoms with Crippen LogP contribution in [0.1, 0.15) is 35.0 Å². The van der Waals surface area contributed by atoms with Crippen LogP contribution in [0.25, 0.3) is 11.1 Å². The number of unbranched alkanes of at least 4 members (excludes halogenated alkanes) is 1. The summed E-state index contributed by atoms with van der Waals surface area (Å²) in [5.74, 6) is -0.507. The number of anilines is 2. The van der Waals surface area contributed by atoms with E-state index in [0.717, 1.165) is 36.8 Å². The zero-order valence-corrected chi connectivity index (χ0v) is 16.5. The van der Waals surface area contributed by atoms with Crippen molar-refractivity contribution in [1.29, 1.82) is 0 Å². The molecule has 2 aromatic carbocycles. The highest BCUT2D eigenvalue weighted by Crippen LogP contribution is 2.35. The fourth-order valence-electron chi connectivity index (χ4n) is 2.75. The molecule has 0 aliphatic carbocycles. The summed E-state index contributed by atoms with van der Waals surface area (Å²) in [6.45, 7) is 2.92. The van der Waals surface area contributed by atoms with Crippen molar-refractivity contribution < 1.29 is 18.0 Å². The number of rotatable bonds is 7. The zero-order chi connectivity index (χ0) is 20.9. The summed E-state index contributed by atoms with van der Waals surface area (Å²) in [4.78, 5) is 15.6. The normalized spacial score (nSPS) is 11.3. The van der Waals surface area contributed by atoms with Crippen LogP contribution in [0.4, 0.5) is 24.0 Å². The van der Waals surface area contributed by atoms with Crippen molar-refractivity contribution >= 4 is 28.1 Å². The molecule has 0 radical (unpaired) electrons. The first kappa shape index (κ1) is 20.9. The fourth-order valence-corrected chi connectivity index (χ4v) is 3.42. The van der Waals surface area contributed by atoms with E-state index in [1.165, 1.54) is 0 Å². The number of alkyl halides is 3. The molecule has 29 heavy (non-hydrogen) atoms. The smallest absolute Gasteiger partial charge is 0.385 e. The molecule has 0 aliphatic rings. The van der Waals surface area contributed by atoms with Crippen LogP contribution in [0.15, 0.2) is 54.7 Å². The van der Waals surface area contributed by atoms with E-state index in [4.69, 9.17) is 0 Å². The first-order valence-corrected chi connectivity index (χ1v) is 9.98. The Hall–Kier alpha value is -2.87. The molecule has 8 heteroatoms. The van der Waals surface area contributed by atoms with Crippen molar-refractivity contribution in [2.45, 2.75) is 25.9 Å². The van der Waals surface area contributed by atoms with Crippen LogP contribution in [-0.4, -0.2) is 17.4 Å². The van der Waals surface area contributed by atoms with Gasteiger partial charge in [-0.3, -0.25) is 10.1 Å². The number of hydrogen-bond acceptors (Lipinski definition) is 4. The molecule has 0 unspecified atom stereocenters. The number of nitrogens with zero attached hydrogens (tertiary/aromatic N) is 1. The van der Waals surface area contributed by atoms with Gasteiger partial charge in [0.15, 0.2) is 5.13 Å². The molecule has 1 heterocycles. The minimum absolute atomic E-state index is 0.0912. The summed E-state index contributed by atoms with van der Waals surface area (Å²) in [6.07, 6.45) is -1.68. The van der Waals surface area contributed by atoms with Gasteiger partial charge in [0, 0.05) is 17.8 Å². The van der Waals surface area contributed by atoms with E-state index in [9.17, 15) is 18.0 Å². The highest BCUT2D eigenvalue weighted by molar-refractivity contribution is 7.15. The van der Waals surface area contributed by atoms with Crippen molar-refractivity contribution in [2.24, 2.45) is 0 Å². The van der Waals surface area contributed by atoms with Gasteiger partial charge in [0.25, 0.3) is 5.91 Å². The number of hydrogen-bond donors (Lipinski definition) is 2. The number of amides is 1. The number of carbonyl (C=O) groups excluding carboxylic acids is 1. The van der Waals surface area contributed by atoms with E-state index < -0.39 is 17.0 Å². The lowest BCUT2D eigenvalue weighted by Crippen LogP contribution is -2.13. The van der Waals surface area contributed by atoms with Crippen molar-refractivity contribution in [1.82, 2.24) is 4.98 Å². The van der Waals surface area contributed by atoms with Crippen LogP contribution in [0.3, 0.4) is 0 Å². The van der Waals surface area contributed by atoms with Gasteiger partial charge < -0.3 is 5.32 Å². The van der Waals surface area contributed by atoms with Crippen LogP contribution in [0, 0.1) is 0 Å². The van der Waals surface area contributed by atoms with Crippen molar-refractivity contribution in [3.63, 3.8) is 0 Å². The predicted octanol–water partition coefficient (Wildman–Crippen LogP) is 6.29. The number of benzene rings is 2. The second-order valence-corrected chi connectivity index (χ2v) is 7.42. The van der Waals surface area contributed by atoms with Crippen molar-refractivity contribution in [3.8, 4) is 11.1 Å². The Balaban J connectivity index is 1.88.